The van der Waals surface area contributed by atoms with Crippen molar-refractivity contribution in [2.45, 2.75) is 12.8 Å². The lowest BCUT2D eigenvalue weighted by Gasteiger charge is -2.11. The molecule has 0 spiro atoms. The van der Waals surface area contributed by atoms with E-state index in [2.05, 4.69) is 11.7 Å². The molecule has 1 aromatic carbocycles. The van der Waals surface area contributed by atoms with E-state index < -0.39 is 6.36 Å². The zero-order chi connectivity index (χ0) is 10.8. The van der Waals surface area contributed by atoms with Gasteiger partial charge in [-0.15, -0.1) is 13.2 Å². The molecular formula is C9H7ClF3O. The molecule has 0 atom stereocenters. The molecule has 0 fully saturated rings. The van der Waals surface area contributed by atoms with Crippen LogP contribution >= 0.6 is 11.6 Å². The Labute approximate surface area is 84.4 Å². The van der Waals surface area contributed by atoms with Gasteiger partial charge in [-0.3, -0.25) is 0 Å². The first-order valence-electron chi connectivity index (χ1n) is 3.76. The minimum Gasteiger partial charge on any atom is -0.404 e. The summed E-state index contributed by atoms with van der Waals surface area (Å²) < 4.78 is 39.3. The number of rotatable bonds is 2. The first kappa shape index (κ1) is 11.2. The number of alkyl halides is 3. The number of hydrogen-bond acceptors (Lipinski definition) is 1. The average molecular weight is 224 g/mol. The lowest BCUT2D eigenvalue weighted by atomic mass is 10.2. The molecule has 1 rings (SSSR count). The number of hydrogen-bond donors (Lipinski definition) is 0. The van der Waals surface area contributed by atoms with Gasteiger partial charge < -0.3 is 4.74 Å². The molecule has 1 radical (unpaired) electrons. The second kappa shape index (κ2) is 4.09. The second-order valence-electron chi connectivity index (χ2n) is 2.56. The fraction of sp³-hybridized carbons (Fsp3) is 0.222. The van der Waals surface area contributed by atoms with Crippen molar-refractivity contribution in [1.82, 2.24) is 0 Å². The largest absolute Gasteiger partial charge is 0.573 e. The molecule has 0 saturated carbocycles. The van der Waals surface area contributed by atoms with Crippen molar-refractivity contribution in [3.63, 3.8) is 0 Å². The van der Waals surface area contributed by atoms with Crippen LogP contribution in [0.3, 0.4) is 0 Å². The van der Waals surface area contributed by atoms with Gasteiger partial charge in [-0.05, 0) is 31.0 Å². The van der Waals surface area contributed by atoms with Gasteiger partial charge in [0, 0.05) is 0 Å². The van der Waals surface area contributed by atoms with E-state index in [0.29, 0.717) is 12.0 Å². The van der Waals surface area contributed by atoms with Gasteiger partial charge in [-0.1, -0.05) is 17.7 Å². The summed E-state index contributed by atoms with van der Waals surface area (Å²) >= 11 is 5.51. The smallest absolute Gasteiger partial charge is 0.404 e. The summed E-state index contributed by atoms with van der Waals surface area (Å²) in [7, 11) is 0. The van der Waals surface area contributed by atoms with Gasteiger partial charge in [-0.25, -0.2) is 0 Å². The highest BCUT2D eigenvalue weighted by Crippen LogP contribution is 2.30. The van der Waals surface area contributed by atoms with E-state index in [0.717, 1.165) is 0 Å². The first-order valence-corrected chi connectivity index (χ1v) is 4.13. The van der Waals surface area contributed by atoms with Crippen LogP contribution in [-0.2, 0) is 6.42 Å². The lowest BCUT2D eigenvalue weighted by Crippen LogP contribution is -2.17. The highest BCUT2D eigenvalue weighted by atomic mass is 35.5. The molecule has 77 valence electrons. The van der Waals surface area contributed by atoms with Crippen LogP contribution in [0, 0.1) is 6.92 Å². The van der Waals surface area contributed by atoms with Gasteiger partial charge in [0.15, 0.2) is 0 Å². The van der Waals surface area contributed by atoms with Gasteiger partial charge in [0.05, 0.1) is 5.02 Å². The molecule has 0 aromatic heterocycles. The highest BCUT2D eigenvalue weighted by molar-refractivity contribution is 6.32. The average Bonchev–Trinajstić information content (AvgIpc) is 2.06. The van der Waals surface area contributed by atoms with Crippen LogP contribution in [0.2, 0.25) is 5.02 Å². The molecule has 14 heavy (non-hydrogen) atoms. The van der Waals surface area contributed by atoms with Crippen LogP contribution in [-0.4, -0.2) is 6.36 Å². The van der Waals surface area contributed by atoms with Crippen LogP contribution in [0.1, 0.15) is 5.56 Å². The molecule has 0 heterocycles. The van der Waals surface area contributed by atoms with Gasteiger partial charge in [0.2, 0.25) is 0 Å². The Hall–Kier alpha value is -0.900. The molecule has 0 unspecified atom stereocenters. The zero-order valence-corrected chi connectivity index (χ0v) is 7.82. The molecule has 0 aliphatic carbocycles. The predicted octanol–water partition coefficient (Wildman–Crippen LogP) is 3.62. The summed E-state index contributed by atoms with van der Waals surface area (Å²) in [5, 5.41) is -0.0699. The van der Waals surface area contributed by atoms with Gasteiger partial charge in [0.25, 0.3) is 0 Å². The van der Waals surface area contributed by atoms with Crippen molar-refractivity contribution in [2.24, 2.45) is 0 Å². The zero-order valence-electron chi connectivity index (χ0n) is 7.07. The minimum atomic E-state index is -4.72. The van der Waals surface area contributed by atoms with Gasteiger partial charge >= 0.3 is 6.36 Å². The third kappa shape index (κ3) is 3.10. The Balaban J connectivity index is 2.95. The van der Waals surface area contributed by atoms with E-state index >= 15 is 0 Å². The number of ether oxygens (including phenoxy) is 1. The topological polar surface area (TPSA) is 9.23 Å². The Morgan fingerprint density at radius 1 is 1.36 bits per heavy atom. The molecule has 0 aliphatic heterocycles. The van der Waals surface area contributed by atoms with Crippen LogP contribution in [0.5, 0.6) is 5.75 Å². The molecule has 0 aliphatic rings. The van der Waals surface area contributed by atoms with E-state index in [4.69, 9.17) is 11.6 Å². The minimum absolute atomic E-state index is 0.0699. The van der Waals surface area contributed by atoms with E-state index in [-0.39, 0.29) is 10.8 Å². The Morgan fingerprint density at radius 2 is 2.00 bits per heavy atom. The third-order valence-electron chi connectivity index (χ3n) is 1.51. The molecule has 0 bridgehead atoms. The summed E-state index contributed by atoms with van der Waals surface area (Å²) in [4.78, 5) is 0. The van der Waals surface area contributed by atoms with Crippen LogP contribution in [0.4, 0.5) is 13.2 Å². The SMILES string of the molecule is [CH2]Cc1ccc(Cl)c(OC(F)(F)F)c1. The van der Waals surface area contributed by atoms with Crippen molar-refractivity contribution in [3.8, 4) is 5.75 Å². The standard InChI is InChI=1S/C9H7ClF3O/c1-2-6-3-4-7(10)8(5-6)14-9(11,12)13/h3-5H,1-2H2. The fourth-order valence-corrected chi connectivity index (χ4v) is 1.06. The van der Waals surface area contributed by atoms with E-state index in [1.54, 1.807) is 6.07 Å². The number of benzene rings is 1. The monoisotopic (exact) mass is 223 g/mol. The second-order valence-corrected chi connectivity index (χ2v) is 2.97. The molecular weight excluding hydrogens is 217 g/mol. The van der Waals surface area contributed by atoms with E-state index in [1.807, 2.05) is 0 Å². The maximum atomic E-state index is 11.9. The molecule has 0 saturated heterocycles. The maximum Gasteiger partial charge on any atom is 0.573 e. The van der Waals surface area contributed by atoms with Crippen molar-refractivity contribution >= 4 is 11.6 Å². The third-order valence-corrected chi connectivity index (χ3v) is 1.82. The lowest BCUT2D eigenvalue weighted by molar-refractivity contribution is -0.274. The molecule has 0 N–H and O–H groups in total. The normalized spacial score (nSPS) is 11.5. The predicted molar refractivity (Wildman–Crippen MR) is 47.2 cm³/mol. The fourth-order valence-electron chi connectivity index (χ4n) is 0.906. The van der Waals surface area contributed by atoms with Gasteiger partial charge in [0.1, 0.15) is 5.75 Å². The number of halogens is 4. The molecule has 1 nitrogen and oxygen atoms in total. The Bertz CT molecular complexity index is 322. The molecule has 1 aromatic rings. The van der Waals surface area contributed by atoms with Crippen molar-refractivity contribution in [1.29, 1.82) is 0 Å². The Morgan fingerprint density at radius 3 is 2.50 bits per heavy atom. The molecule has 0 amide bonds. The summed E-state index contributed by atoms with van der Waals surface area (Å²) in [6, 6.07) is 4.17. The summed E-state index contributed by atoms with van der Waals surface area (Å²) in [5.74, 6) is -0.389. The summed E-state index contributed by atoms with van der Waals surface area (Å²) in [6.45, 7) is 3.54. The van der Waals surface area contributed by atoms with E-state index in [9.17, 15) is 13.2 Å². The van der Waals surface area contributed by atoms with Crippen molar-refractivity contribution < 1.29 is 17.9 Å². The maximum absolute atomic E-state index is 11.9. The summed E-state index contributed by atoms with van der Waals surface area (Å²) in [6.07, 6.45) is -4.34. The van der Waals surface area contributed by atoms with Crippen LogP contribution in [0.15, 0.2) is 18.2 Å². The van der Waals surface area contributed by atoms with Crippen molar-refractivity contribution in [2.75, 3.05) is 0 Å². The first-order chi connectivity index (χ1) is 6.42. The van der Waals surface area contributed by atoms with Crippen LogP contribution < -0.4 is 4.74 Å². The quantitative estimate of drug-likeness (QED) is 0.744. The Kier molecular flexibility index (Phi) is 3.26. The van der Waals surface area contributed by atoms with Gasteiger partial charge in [-0.2, -0.15) is 0 Å². The molecule has 5 heteroatoms. The van der Waals surface area contributed by atoms with Crippen LogP contribution in [0.25, 0.3) is 0 Å². The highest BCUT2D eigenvalue weighted by Gasteiger charge is 2.32. The van der Waals surface area contributed by atoms with Crippen molar-refractivity contribution in [3.05, 3.63) is 35.7 Å². The van der Waals surface area contributed by atoms with E-state index in [1.165, 1.54) is 12.1 Å². The summed E-state index contributed by atoms with van der Waals surface area (Å²) in [5.41, 5.74) is 0.633.